The molecular formula is C12H15NO2. The van der Waals surface area contributed by atoms with Crippen LogP contribution in [0.2, 0.25) is 0 Å². The first-order valence-corrected chi connectivity index (χ1v) is 5.28. The molecule has 1 aliphatic carbocycles. The van der Waals surface area contributed by atoms with Gasteiger partial charge in [-0.15, -0.1) is 0 Å². The molecule has 80 valence electrons. The fraction of sp³-hybridized carbons (Fsp3) is 0.417. The van der Waals surface area contributed by atoms with Crippen LogP contribution in [0.15, 0.2) is 18.2 Å². The molecule has 1 aromatic carbocycles. The van der Waals surface area contributed by atoms with Gasteiger partial charge in [-0.1, -0.05) is 6.07 Å². The zero-order chi connectivity index (χ0) is 10.8. The van der Waals surface area contributed by atoms with E-state index in [9.17, 15) is 4.79 Å². The Kier molecular flexibility index (Phi) is 2.73. The van der Waals surface area contributed by atoms with Crippen LogP contribution in [-0.2, 0) is 6.42 Å². The van der Waals surface area contributed by atoms with E-state index in [2.05, 4.69) is 0 Å². The summed E-state index contributed by atoms with van der Waals surface area (Å²) >= 11 is 0. The van der Waals surface area contributed by atoms with Crippen molar-refractivity contribution >= 4 is 5.97 Å². The van der Waals surface area contributed by atoms with E-state index in [1.807, 2.05) is 6.07 Å². The number of carboxylic acid groups (broad SMARTS) is 1. The molecule has 1 aromatic rings. The number of fused-ring (bicyclic) bond motifs is 1. The van der Waals surface area contributed by atoms with Crippen molar-refractivity contribution in [3.8, 4) is 0 Å². The maximum Gasteiger partial charge on any atom is 0.335 e. The fourth-order valence-electron chi connectivity index (χ4n) is 2.27. The summed E-state index contributed by atoms with van der Waals surface area (Å²) in [6.45, 7) is 0.607. The molecule has 3 nitrogen and oxygen atoms in total. The molecule has 1 atom stereocenters. The molecule has 0 fully saturated rings. The van der Waals surface area contributed by atoms with E-state index in [0.717, 1.165) is 24.8 Å². The van der Waals surface area contributed by atoms with Gasteiger partial charge >= 0.3 is 5.97 Å². The molecule has 0 saturated heterocycles. The topological polar surface area (TPSA) is 63.3 Å². The Morgan fingerprint density at radius 2 is 2.33 bits per heavy atom. The lowest BCUT2D eigenvalue weighted by Gasteiger charge is -2.24. The number of hydrogen-bond acceptors (Lipinski definition) is 2. The number of rotatable bonds is 2. The van der Waals surface area contributed by atoms with Crippen LogP contribution in [-0.4, -0.2) is 17.6 Å². The van der Waals surface area contributed by atoms with Crippen molar-refractivity contribution in [2.75, 3.05) is 6.54 Å². The molecule has 0 saturated carbocycles. The summed E-state index contributed by atoms with van der Waals surface area (Å²) in [6, 6.07) is 5.40. The first-order valence-electron chi connectivity index (χ1n) is 5.28. The second-order valence-corrected chi connectivity index (χ2v) is 4.04. The summed E-state index contributed by atoms with van der Waals surface area (Å²) in [7, 11) is 0. The monoisotopic (exact) mass is 205 g/mol. The van der Waals surface area contributed by atoms with Crippen LogP contribution in [0.3, 0.4) is 0 Å². The third-order valence-corrected chi connectivity index (χ3v) is 3.12. The average Bonchev–Trinajstić information content (AvgIpc) is 2.27. The number of nitrogens with two attached hydrogens (primary N) is 1. The standard InChI is InChI=1S/C12H15NO2/c13-7-10-3-1-2-8-4-5-9(12(14)15)6-11(8)10/h4-6,10H,1-3,7,13H2,(H,14,15)/t10-/m0/s1. The molecule has 2 rings (SSSR count). The molecule has 0 aromatic heterocycles. The molecule has 15 heavy (non-hydrogen) atoms. The van der Waals surface area contributed by atoms with Gasteiger partial charge in [0.2, 0.25) is 0 Å². The minimum Gasteiger partial charge on any atom is -0.478 e. The lowest BCUT2D eigenvalue weighted by atomic mass is 9.82. The van der Waals surface area contributed by atoms with E-state index >= 15 is 0 Å². The minimum atomic E-state index is -0.862. The van der Waals surface area contributed by atoms with Crippen LogP contribution in [0, 0.1) is 0 Å². The Balaban J connectivity index is 2.43. The van der Waals surface area contributed by atoms with Gasteiger partial charge < -0.3 is 10.8 Å². The Bertz CT molecular complexity index is 387. The molecule has 3 heteroatoms. The summed E-state index contributed by atoms with van der Waals surface area (Å²) in [6.07, 6.45) is 3.28. The average molecular weight is 205 g/mol. The number of benzene rings is 1. The molecular weight excluding hydrogens is 190 g/mol. The van der Waals surface area contributed by atoms with Crippen molar-refractivity contribution in [3.63, 3.8) is 0 Å². The predicted octanol–water partition coefficient (Wildman–Crippen LogP) is 1.76. The van der Waals surface area contributed by atoms with Crippen molar-refractivity contribution in [1.82, 2.24) is 0 Å². The molecule has 0 unspecified atom stereocenters. The van der Waals surface area contributed by atoms with E-state index < -0.39 is 5.97 Å². The highest BCUT2D eigenvalue weighted by Gasteiger charge is 2.20. The second-order valence-electron chi connectivity index (χ2n) is 4.04. The van der Waals surface area contributed by atoms with Gasteiger partial charge in [0.15, 0.2) is 0 Å². The second kappa shape index (κ2) is 4.03. The van der Waals surface area contributed by atoms with Gasteiger partial charge in [-0.05, 0) is 55.0 Å². The fourth-order valence-corrected chi connectivity index (χ4v) is 2.27. The maximum absolute atomic E-state index is 10.9. The van der Waals surface area contributed by atoms with Crippen molar-refractivity contribution in [1.29, 1.82) is 0 Å². The third kappa shape index (κ3) is 1.88. The zero-order valence-corrected chi connectivity index (χ0v) is 8.57. The third-order valence-electron chi connectivity index (χ3n) is 3.12. The highest BCUT2D eigenvalue weighted by molar-refractivity contribution is 5.88. The van der Waals surface area contributed by atoms with E-state index in [4.69, 9.17) is 10.8 Å². The van der Waals surface area contributed by atoms with E-state index in [0.29, 0.717) is 18.0 Å². The van der Waals surface area contributed by atoms with Crippen molar-refractivity contribution in [2.45, 2.75) is 25.2 Å². The first kappa shape index (κ1) is 10.2. The molecule has 0 amide bonds. The predicted molar refractivity (Wildman–Crippen MR) is 58.1 cm³/mol. The highest BCUT2D eigenvalue weighted by Crippen LogP contribution is 2.31. The smallest absolute Gasteiger partial charge is 0.335 e. The first-order chi connectivity index (χ1) is 7.22. The minimum absolute atomic E-state index is 0.341. The molecule has 0 aliphatic heterocycles. The van der Waals surface area contributed by atoms with Gasteiger partial charge in [0.25, 0.3) is 0 Å². The summed E-state index contributed by atoms with van der Waals surface area (Å²) in [5, 5.41) is 8.91. The molecule has 0 spiro atoms. The van der Waals surface area contributed by atoms with Crippen LogP contribution >= 0.6 is 0 Å². The number of aryl methyl sites for hydroxylation is 1. The Labute approximate surface area is 88.9 Å². The normalized spacial score (nSPS) is 19.7. The Hall–Kier alpha value is -1.35. The van der Waals surface area contributed by atoms with Crippen molar-refractivity contribution in [2.24, 2.45) is 5.73 Å². The zero-order valence-electron chi connectivity index (χ0n) is 8.57. The largest absolute Gasteiger partial charge is 0.478 e. The van der Waals surface area contributed by atoms with Gasteiger partial charge in [0.05, 0.1) is 5.56 Å². The number of carbonyl (C=O) groups is 1. The van der Waals surface area contributed by atoms with Crippen molar-refractivity contribution in [3.05, 3.63) is 34.9 Å². The van der Waals surface area contributed by atoms with Crippen LogP contribution in [0.1, 0.15) is 40.2 Å². The SMILES string of the molecule is NC[C@@H]1CCCc2ccc(C(=O)O)cc21. The van der Waals surface area contributed by atoms with Crippen molar-refractivity contribution < 1.29 is 9.90 Å². The van der Waals surface area contributed by atoms with Crippen LogP contribution in [0.25, 0.3) is 0 Å². The summed E-state index contributed by atoms with van der Waals surface area (Å²) in [5.41, 5.74) is 8.47. The highest BCUT2D eigenvalue weighted by atomic mass is 16.4. The number of carboxylic acids is 1. The number of aromatic carboxylic acids is 1. The summed E-state index contributed by atoms with van der Waals surface area (Å²) in [5.74, 6) is -0.521. The van der Waals surface area contributed by atoms with E-state index in [1.54, 1.807) is 12.1 Å². The molecule has 0 bridgehead atoms. The van der Waals surface area contributed by atoms with E-state index in [-0.39, 0.29) is 0 Å². The molecule has 0 heterocycles. The Morgan fingerprint density at radius 3 is 3.00 bits per heavy atom. The quantitative estimate of drug-likeness (QED) is 0.773. The molecule has 3 N–H and O–H groups in total. The van der Waals surface area contributed by atoms with Crippen LogP contribution < -0.4 is 5.73 Å². The molecule has 1 aliphatic rings. The summed E-state index contributed by atoms with van der Waals surface area (Å²) < 4.78 is 0. The van der Waals surface area contributed by atoms with Gasteiger partial charge in [-0.25, -0.2) is 4.79 Å². The van der Waals surface area contributed by atoms with Gasteiger partial charge in [0, 0.05) is 0 Å². The molecule has 0 radical (unpaired) electrons. The Morgan fingerprint density at radius 1 is 1.53 bits per heavy atom. The maximum atomic E-state index is 10.9. The number of hydrogen-bond donors (Lipinski definition) is 2. The van der Waals surface area contributed by atoms with Gasteiger partial charge in [-0.3, -0.25) is 0 Å². The summed E-state index contributed by atoms with van der Waals surface area (Å²) in [4.78, 5) is 10.9. The van der Waals surface area contributed by atoms with Gasteiger partial charge in [0.1, 0.15) is 0 Å². The van der Waals surface area contributed by atoms with E-state index in [1.165, 1.54) is 5.56 Å². The lowest BCUT2D eigenvalue weighted by Crippen LogP contribution is -2.18. The van der Waals surface area contributed by atoms with Gasteiger partial charge in [-0.2, -0.15) is 0 Å². The van der Waals surface area contributed by atoms with Crippen LogP contribution in [0.4, 0.5) is 0 Å². The lowest BCUT2D eigenvalue weighted by molar-refractivity contribution is 0.0696. The van der Waals surface area contributed by atoms with Crippen LogP contribution in [0.5, 0.6) is 0 Å².